The predicted molar refractivity (Wildman–Crippen MR) is 115 cm³/mol. The fourth-order valence-electron chi connectivity index (χ4n) is 2.94. The first kappa shape index (κ1) is 21.9. The minimum atomic E-state index is -3.71. The van der Waals surface area contributed by atoms with Crippen LogP contribution in [0.3, 0.4) is 0 Å². The first-order chi connectivity index (χ1) is 13.7. The van der Waals surface area contributed by atoms with Crippen LogP contribution in [0, 0.1) is 0 Å². The maximum atomic E-state index is 13.1. The molecule has 0 spiro atoms. The molecule has 10 heteroatoms. The van der Waals surface area contributed by atoms with E-state index in [9.17, 15) is 13.2 Å². The summed E-state index contributed by atoms with van der Waals surface area (Å²) in [6.45, 7) is 2.24. The van der Waals surface area contributed by atoms with Crippen molar-refractivity contribution in [2.45, 2.75) is 4.90 Å². The average Bonchev–Trinajstić information content (AvgIpc) is 2.71. The molecular formula is C19H21Cl2N3O4S. The smallest absolute Gasteiger partial charge is 0.257 e. The van der Waals surface area contributed by atoms with Crippen molar-refractivity contribution in [1.82, 2.24) is 4.31 Å². The summed E-state index contributed by atoms with van der Waals surface area (Å²) >= 11 is 12.2. The number of nitrogens with one attached hydrogen (secondary N) is 1. The van der Waals surface area contributed by atoms with Crippen molar-refractivity contribution in [2.75, 3.05) is 50.6 Å². The third kappa shape index (κ3) is 4.67. The van der Waals surface area contributed by atoms with Crippen LogP contribution in [0.4, 0.5) is 11.4 Å². The number of carbonyl (C=O) groups is 1. The molecular weight excluding hydrogens is 437 g/mol. The van der Waals surface area contributed by atoms with Crippen molar-refractivity contribution in [3.63, 3.8) is 0 Å². The van der Waals surface area contributed by atoms with E-state index >= 15 is 0 Å². The number of sulfonamides is 1. The van der Waals surface area contributed by atoms with Crippen molar-refractivity contribution in [3.05, 3.63) is 52.0 Å². The van der Waals surface area contributed by atoms with Gasteiger partial charge in [-0.3, -0.25) is 4.79 Å². The van der Waals surface area contributed by atoms with E-state index in [1.54, 1.807) is 24.3 Å². The maximum Gasteiger partial charge on any atom is 0.257 e. The van der Waals surface area contributed by atoms with Crippen molar-refractivity contribution in [1.29, 1.82) is 0 Å². The van der Waals surface area contributed by atoms with Gasteiger partial charge in [-0.05, 0) is 30.3 Å². The van der Waals surface area contributed by atoms with Crippen LogP contribution in [0.15, 0.2) is 41.3 Å². The molecule has 156 valence electrons. The summed E-state index contributed by atoms with van der Waals surface area (Å²) in [5.41, 5.74) is 1.20. The second-order valence-electron chi connectivity index (χ2n) is 6.62. The highest BCUT2D eigenvalue weighted by atomic mass is 35.5. The number of hydrogen-bond acceptors (Lipinski definition) is 5. The number of amides is 1. The fraction of sp³-hybridized carbons (Fsp3) is 0.316. The van der Waals surface area contributed by atoms with Crippen LogP contribution in [-0.2, 0) is 14.8 Å². The lowest BCUT2D eigenvalue weighted by Crippen LogP contribution is -2.37. The summed E-state index contributed by atoms with van der Waals surface area (Å²) in [5, 5.41) is 3.26. The minimum Gasteiger partial charge on any atom is -0.378 e. The van der Waals surface area contributed by atoms with Gasteiger partial charge in [-0.25, -0.2) is 12.7 Å². The largest absolute Gasteiger partial charge is 0.378 e. The lowest BCUT2D eigenvalue weighted by atomic mass is 10.1. The molecule has 1 heterocycles. The SMILES string of the molecule is CN(C)S(=O)(=O)c1ccc(N2CCOCC2)c(C(=O)Nc2cccc(Cl)c2Cl)c1. The molecule has 29 heavy (non-hydrogen) atoms. The molecule has 2 aromatic rings. The number of hydrogen-bond donors (Lipinski definition) is 1. The normalized spacial score (nSPS) is 14.9. The number of halogens is 2. The predicted octanol–water partition coefficient (Wildman–Crippen LogP) is 3.33. The first-order valence-electron chi connectivity index (χ1n) is 8.86. The Morgan fingerprint density at radius 1 is 1.14 bits per heavy atom. The number of nitrogens with zero attached hydrogens (tertiary/aromatic N) is 2. The van der Waals surface area contributed by atoms with Gasteiger partial charge >= 0.3 is 0 Å². The third-order valence-corrected chi connectivity index (χ3v) is 7.17. The van der Waals surface area contributed by atoms with Crippen LogP contribution < -0.4 is 10.2 Å². The van der Waals surface area contributed by atoms with Crippen molar-refractivity contribution < 1.29 is 17.9 Å². The van der Waals surface area contributed by atoms with E-state index in [1.807, 2.05) is 4.90 Å². The number of anilines is 2. The zero-order chi connectivity index (χ0) is 21.2. The molecule has 1 aliphatic rings. The van der Waals surface area contributed by atoms with Crippen LogP contribution in [0.2, 0.25) is 10.0 Å². The van der Waals surface area contributed by atoms with Gasteiger partial charge in [0.2, 0.25) is 10.0 Å². The van der Waals surface area contributed by atoms with E-state index in [0.717, 1.165) is 4.31 Å². The molecule has 7 nitrogen and oxygen atoms in total. The van der Waals surface area contributed by atoms with E-state index in [-0.39, 0.29) is 15.5 Å². The van der Waals surface area contributed by atoms with Crippen LogP contribution in [0.5, 0.6) is 0 Å². The molecule has 1 aliphatic heterocycles. The molecule has 0 aromatic heterocycles. The Balaban J connectivity index is 2.04. The Morgan fingerprint density at radius 3 is 2.48 bits per heavy atom. The van der Waals surface area contributed by atoms with Crippen molar-refractivity contribution >= 4 is 50.5 Å². The summed E-state index contributed by atoms with van der Waals surface area (Å²) in [4.78, 5) is 15.1. The lowest BCUT2D eigenvalue weighted by molar-refractivity contribution is 0.102. The molecule has 0 radical (unpaired) electrons. The Morgan fingerprint density at radius 2 is 1.83 bits per heavy atom. The number of ether oxygens (including phenoxy) is 1. The number of rotatable bonds is 5. The molecule has 2 aromatic carbocycles. The number of carbonyl (C=O) groups excluding carboxylic acids is 1. The monoisotopic (exact) mass is 457 g/mol. The maximum absolute atomic E-state index is 13.1. The zero-order valence-electron chi connectivity index (χ0n) is 16.0. The molecule has 1 saturated heterocycles. The van der Waals surface area contributed by atoms with E-state index in [2.05, 4.69) is 5.32 Å². The highest BCUT2D eigenvalue weighted by Crippen LogP contribution is 2.31. The quantitative estimate of drug-likeness (QED) is 0.744. The van der Waals surface area contributed by atoms with Crippen LogP contribution in [0.25, 0.3) is 0 Å². The molecule has 1 fully saturated rings. The van der Waals surface area contributed by atoms with Gasteiger partial charge in [0, 0.05) is 32.9 Å². The van der Waals surface area contributed by atoms with Crippen LogP contribution >= 0.6 is 23.2 Å². The number of benzene rings is 2. The average molecular weight is 458 g/mol. The van der Waals surface area contributed by atoms with Gasteiger partial charge in [0.1, 0.15) is 0 Å². The highest BCUT2D eigenvalue weighted by Gasteiger charge is 2.24. The Hall–Kier alpha value is -1.84. The van der Waals surface area contributed by atoms with Crippen molar-refractivity contribution in [2.24, 2.45) is 0 Å². The second-order valence-corrected chi connectivity index (χ2v) is 9.56. The Kier molecular flexibility index (Phi) is 6.70. The summed E-state index contributed by atoms with van der Waals surface area (Å²) < 4.78 is 31.6. The molecule has 0 bridgehead atoms. The molecule has 0 aliphatic carbocycles. The molecule has 3 rings (SSSR count). The van der Waals surface area contributed by atoms with Gasteiger partial charge in [-0.15, -0.1) is 0 Å². The minimum absolute atomic E-state index is 0.0295. The van der Waals surface area contributed by atoms with Crippen LogP contribution in [-0.4, -0.2) is 59.0 Å². The van der Waals surface area contributed by atoms with Crippen molar-refractivity contribution in [3.8, 4) is 0 Å². The fourth-order valence-corrected chi connectivity index (χ4v) is 4.21. The molecule has 0 saturated carbocycles. The number of morpholine rings is 1. The van der Waals surface area contributed by atoms with Gasteiger partial charge in [-0.2, -0.15) is 0 Å². The lowest BCUT2D eigenvalue weighted by Gasteiger charge is -2.30. The summed E-state index contributed by atoms with van der Waals surface area (Å²) in [7, 11) is -0.823. The van der Waals surface area contributed by atoms with Gasteiger partial charge < -0.3 is 15.0 Å². The summed E-state index contributed by atoms with van der Waals surface area (Å²) in [6.07, 6.45) is 0. The van der Waals surface area contributed by atoms with Gasteiger partial charge in [0.05, 0.1) is 39.4 Å². The van der Waals surface area contributed by atoms with E-state index in [1.165, 1.54) is 26.2 Å². The third-order valence-electron chi connectivity index (χ3n) is 4.54. The molecule has 1 N–H and O–H groups in total. The Bertz CT molecular complexity index is 1020. The van der Waals surface area contributed by atoms with Gasteiger partial charge in [-0.1, -0.05) is 29.3 Å². The van der Waals surface area contributed by atoms with Crippen LogP contribution in [0.1, 0.15) is 10.4 Å². The van der Waals surface area contributed by atoms with Gasteiger partial charge in [0.25, 0.3) is 5.91 Å². The zero-order valence-corrected chi connectivity index (χ0v) is 18.3. The summed E-state index contributed by atoms with van der Waals surface area (Å²) in [5.74, 6) is -0.480. The molecule has 0 atom stereocenters. The highest BCUT2D eigenvalue weighted by molar-refractivity contribution is 7.89. The Labute approximate surface area is 180 Å². The first-order valence-corrected chi connectivity index (χ1v) is 11.1. The standard InChI is InChI=1S/C19H21Cl2N3O4S/c1-23(2)29(26,27)13-6-7-17(24-8-10-28-11-9-24)14(12-13)19(25)22-16-5-3-4-15(20)18(16)21/h3-7,12H,8-11H2,1-2H3,(H,22,25). The van der Waals surface area contributed by atoms with E-state index in [0.29, 0.717) is 42.7 Å². The molecule has 1 amide bonds. The van der Waals surface area contributed by atoms with Gasteiger partial charge in [0.15, 0.2) is 0 Å². The van der Waals surface area contributed by atoms with E-state index < -0.39 is 15.9 Å². The van der Waals surface area contributed by atoms with E-state index in [4.69, 9.17) is 27.9 Å². The second kappa shape index (κ2) is 8.89. The topological polar surface area (TPSA) is 79.0 Å². The summed E-state index contributed by atoms with van der Waals surface area (Å²) in [6, 6.07) is 9.44. The molecule has 0 unspecified atom stereocenters.